The van der Waals surface area contributed by atoms with E-state index in [0.29, 0.717) is 33.9 Å². The molecule has 0 radical (unpaired) electrons. The Hall–Kier alpha value is -4.45. The summed E-state index contributed by atoms with van der Waals surface area (Å²) >= 11 is 0. The Bertz CT molecular complexity index is 1840. The van der Waals surface area contributed by atoms with Gasteiger partial charge in [-0.05, 0) is 73.0 Å². The smallest absolute Gasteiger partial charge is 0.435 e. The lowest BCUT2D eigenvalue weighted by Gasteiger charge is -2.17. The molecule has 0 aliphatic carbocycles. The number of rotatable bonds is 6. The van der Waals surface area contributed by atoms with Crippen molar-refractivity contribution in [3.63, 3.8) is 0 Å². The van der Waals surface area contributed by atoms with Crippen molar-refractivity contribution in [2.75, 3.05) is 13.4 Å². The Morgan fingerprint density at radius 3 is 2.33 bits per heavy atom. The van der Waals surface area contributed by atoms with Gasteiger partial charge in [0.25, 0.3) is 0 Å². The lowest BCUT2D eigenvalue weighted by Crippen LogP contribution is -2.10. The van der Waals surface area contributed by atoms with Crippen molar-refractivity contribution < 1.29 is 26.3 Å². The van der Waals surface area contributed by atoms with Crippen LogP contribution in [-0.4, -0.2) is 46.3 Å². The number of benzene rings is 3. The van der Waals surface area contributed by atoms with Crippen molar-refractivity contribution in [1.82, 2.24) is 24.5 Å². The first kappa shape index (κ1) is 27.1. The Labute approximate surface area is 228 Å². The Balaban J connectivity index is 1.75. The van der Waals surface area contributed by atoms with Crippen molar-refractivity contribution in [3.05, 3.63) is 90.1 Å². The van der Waals surface area contributed by atoms with E-state index in [1.807, 2.05) is 19.1 Å². The van der Waals surface area contributed by atoms with Crippen LogP contribution in [0.25, 0.3) is 33.8 Å². The van der Waals surface area contributed by atoms with Crippen LogP contribution >= 0.6 is 0 Å². The molecular weight excluding hydrogens is 543 g/mol. The Morgan fingerprint density at radius 2 is 1.68 bits per heavy atom. The van der Waals surface area contributed by atoms with Crippen LogP contribution in [0.15, 0.2) is 78.1 Å². The molecule has 3 aromatic carbocycles. The van der Waals surface area contributed by atoms with Gasteiger partial charge in [-0.1, -0.05) is 23.4 Å². The highest BCUT2D eigenvalue weighted by Gasteiger charge is 2.36. The number of imidazole rings is 1. The summed E-state index contributed by atoms with van der Waals surface area (Å²) < 4.78 is 73.4. The number of sulfone groups is 1. The fourth-order valence-corrected chi connectivity index (χ4v) is 5.23. The first-order valence-corrected chi connectivity index (χ1v) is 13.9. The SMILES string of the molecule is COc1ccc(-c2cnnn2-c2cc(-c3cccc(S(C)(=O)=O)c3)ccc2-n2cnc(C(F)(F)F)c2C)c(C)c1. The Morgan fingerprint density at radius 1 is 0.925 bits per heavy atom. The van der Waals surface area contributed by atoms with Crippen LogP contribution in [0.5, 0.6) is 5.75 Å². The maximum Gasteiger partial charge on any atom is 0.435 e. The van der Waals surface area contributed by atoms with Crippen LogP contribution < -0.4 is 4.74 Å². The largest absolute Gasteiger partial charge is 0.497 e. The van der Waals surface area contributed by atoms with Crippen LogP contribution in [0.4, 0.5) is 13.2 Å². The third-order valence-corrected chi connectivity index (χ3v) is 7.70. The van der Waals surface area contributed by atoms with Crippen LogP contribution in [-0.2, 0) is 16.0 Å². The summed E-state index contributed by atoms with van der Waals surface area (Å²) in [6.07, 6.45) is -0.812. The van der Waals surface area contributed by atoms with Gasteiger partial charge in [0.15, 0.2) is 15.5 Å². The lowest BCUT2D eigenvalue weighted by molar-refractivity contribution is -0.141. The molecule has 0 amide bonds. The van der Waals surface area contributed by atoms with Crippen LogP contribution in [0.1, 0.15) is 17.0 Å². The first-order chi connectivity index (χ1) is 18.9. The number of hydrogen-bond acceptors (Lipinski definition) is 6. The minimum Gasteiger partial charge on any atom is -0.497 e. The molecular formula is C28H24F3N5O3S. The zero-order valence-electron chi connectivity index (χ0n) is 21.9. The molecule has 40 heavy (non-hydrogen) atoms. The Kier molecular flexibility index (Phi) is 6.74. The molecule has 5 aromatic rings. The molecule has 0 unspecified atom stereocenters. The van der Waals surface area contributed by atoms with E-state index >= 15 is 0 Å². The van der Waals surface area contributed by atoms with E-state index < -0.39 is 21.7 Å². The van der Waals surface area contributed by atoms with Crippen molar-refractivity contribution in [3.8, 4) is 39.5 Å². The van der Waals surface area contributed by atoms with E-state index in [-0.39, 0.29) is 10.6 Å². The third kappa shape index (κ3) is 4.97. The monoisotopic (exact) mass is 567 g/mol. The number of ether oxygens (including phenoxy) is 1. The summed E-state index contributed by atoms with van der Waals surface area (Å²) in [4.78, 5) is 3.78. The number of aromatic nitrogens is 5. The lowest BCUT2D eigenvalue weighted by atomic mass is 10.0. The number of methoxy groups -OCH3 is 1. The summed E-state index contributed by atoms with van der Waals surface area (Å²) in [6, 6.07) is 17.1. The second-order valence-electron chi connectivity index (χ2n) is 9.26. The van der Waals surface area contributed by atoms with Gasteiger partial charge in [0, 0.05) is 11.8 Å². The maximum atomic E-state index is 13.6. The van der Waals surface area contributed by atoms with Gasteiger partial charge < -0.3 is 9.30 Å². The number of nitrogens with zero attached hydrogens (tertiary/aromatic N) is 5. The summed E-state index contributed by atoms with van der Waals surface area (Å²) in [5.41, 5.74) is 3.20. The van der Waals surface area contributed by atoms with Gasteiger partial charge in [-0.2, -0.15) is 13.2 Å². The molecule has 5 rings (SSSR count). The fourth-order valence-electron chi connectivity index (χ4n) is 4.56. The van der Waals surface area contributed by atoms with Gasteiger partial charge in [-0.3, -0.25) is 0 Å². The zero-order chi connectivity index (χ0) is 28.8. The van der Waals surface area contributed by atoms with Crippen molar-refractivity contribution in [2.45, 2.75) is 24.9 Å². The molecule has 206 valence electrons. The number of alkyl halides is 3. The van der Waals surface area contributed by atoms with Crippen molar-refractivity contribution in [2.24, 2.45) is 0 Å². The van der Waals surface area contributed by atoms with Crippen LogP contribution in [0.3, 0.4) is 0 Å². The second kappa shape index (κ2) is 9.94. The normalized spacial score (nSPS) is 12.1. The van der Waals surface area contributed by atoms with Gasteiger partial charge in [0.1, 0.15) is 12.1 Å². The molecule has 0 atom stereocenters. The molecule has 8 nitrogen and oxygen atoms in total. The summed E-state index contributed by atoms with van der Waals surface area (Å²) in [5, 5.41) is 8.40. The van der Waals surface area contributed by atoms with Gasteiger partial charge in [0.05, 0.1) is 41.0 Å². The molecule has 0 fully saturated rings. The molecule has 2 aromatic heterocycles. The third-order valence-electron chi connectivity index (χ3n) is 6.59. The van der Waals surface area contributed by atoms with E-state index in [0.717, 1.165) is 23.7 Å². The fraction of sp³-hybridized carbons (Fsp3) is 0.179. The molecule has 2 heterocycles. The minimum absolute atomic E-state index is 0.0946. The topological polar surface area (TPSA) is 91.9 Å². The predicted octanol–water partition coefficient (Wildman–Crippen LogP) is 5.83. The standard InChI is InChI=1S/C28H24F3N5O3S/c1-17-12-21(39-3)9-10-23(17)26-15-33-34-36(26)25-14-20(19-6-5-7-22(13-19)40(4,37)38)8-11-24(25)35-16-32-27(18(35)2)28(29,30)31/h5-16H,1-4H3. The highest BCUT2D eigenvalue weighted by molar-refractivity contribution is 7.90. The van der Waals surface area contributed by atoms with E-state index in [1.165, 1.54) is 17.6 Å². The molecule has 0 aliphatic heterocycles. The number of hydrogen-bond donors (Lipinski definition) is 0. The molecule has 0 N–H and O–H groups in total. The molecule has 0 spiro atoms. The highest BCUT2D eigenvalue weighted by Crippen LogP contribution is 2.36. The predicted molar refractivity (Wildman–Crippen MR) is 143 cm³/mol. The maximum absolute atomic E-state index is 13.6. The number of halogens is 3. The van der Waals surface area contributed by atoms with Crippen molar-refractivity contribution in [1.29, 1.82) is 0 Å². The summed E-state index contributed by atoms with van der Waals surface area (Å²) in [5.74, 6) is 0.669. The summed E-state index contributed by atoms with van der Waals surface area (Å²) in [7, 11) is -1.90. The van der Waals surface area contributed by atoms with Gasteiger partial charge in [0.2, 0.25) is 0 Å². The zero-order valence-corrected chi connectivity index (χ0v) is 22.7. The van der Waals surface area contributed by atoms with Crippen LogP contribution in [0.2, 0.25) is 0 Å². The van der Waals surface area contributed by atoms with E-state index in [1.54, 1.807) is 60.5 Å². The summed E-state index contributed by atoms with van der Waals surface area (Å²) in [6.45, 7) is 3.25. The van der Waals surface area contributed by atoms with Crippen LogP contribution in [0, 0.1) is 13.8 Å². The second-order valence-corrected chi connectivity index (χ2v) is 11.3. The van der Waals surface area contributed by atoms with E-state index in [9.17, 15) is 21.6 Å². The molecule has 0 aliphatic rings. The van der Waals surface area contributed by atoms with Gasteiger partial charge in [-0.15, -0.1) is 5.10 Å². The van der Waals surface area contributed by atoms with Crippen molar-refractivity contribution >= 4 is 9.84 Å². The molecule has 0 saturated heterocycles. The van der Waals surface area contributed by atoms with Gasteiger partial charge in [-0.25, -0.2) is 18.1 Å². The average Bonchev–Trinajstić information content (AvgIpc) is 3.54. The van der Waals surface area contributed by atoms with Gasteiger partial charge >= 0.3 is 6.18 Å². The quantitative estimate of drug-likeness (QED) is 0.256. The van der Waals surface area contributed by atoms with E-state index in [2.05, 4.69) is 15.3 Å². The number of aryl methyl sites for hydroxylation is 1. The minimum atomic E-state index is -4.62. The first-order valence-electron chi connectivity index (χ1n) is 12.0. The van der Waals surface area contributed by atoms with E-state index in [4.69, 9.17) is 4.74 Å². The molecule has 12 heteroatoms. The molecule has 0 saturated carbocycles. The highest BCUT2D eigenvalue weighted by atomic mass is 32.2. The average molecular weight is 568 g/mol. The molecule has 0 bridgehead atoms.